The molecule has 0 aromatic heterocycles. The molecule has 1 heterocycles. The van der Waals surface area contributed by atoms with Crippen LogP contribution in [0.4, 0.5) is 11.4 Å². The third-order valence-corrected chi connectivity index (χ3v) is 2.65. The first-order chi connectivity index (χ1) is 7.77. The van der Waals surface area contributed by atoms with Gasteiger partial charge in [-0.1, -0.05) is 0 Å². The second-order valence-electron chi connectivity index (χ2n) is 3.73. The van der Waals surface area contributed by atoms with Crippen LogP contribution in [0.15, 0.2) is 24.3 Å². The Balaban J connectivity index is 2.10. The van der Waals surface area contributed by atoms with Crippen molar-refractivity contribution < 1.29 is 9.66 Å². The summed E-state index contributed by atoms with van der Waals surface area (Å²) in [6, 6.07) is 6.68. The Hall–Kier alpha value is -1.62. The highest BCUT2D eigenvalue weighted by Crippen LogP contribution is 2.20. The minimum Gasteiger partial charge on any atom is -0.380 e. The summed E-state index contributed by atoms with van der Waals surface area (Å²) in [6.45, 7) is 3.30. The van der Waals surface area contributed by atoms with Crippen LogP contribution in [0.3, 0.4) is 0 Å². The molecule has 0 bridgehead atoms. The molecular formula is C11H14N2O3. The fraction of sp³-hybridized carbons (Fsp3) is 0.455. The van der Waals surface area contributed by atoms with E-state index in [1.54, 1.807) is 24.3 Å². The van der Waals surface area contributed by atoms with Gasteiger partial charge in [0, 0.05) is 37.5 Å². The van der Waals surface area contributed by atoms with Gasteiger partial charge in [0.15, 0.2) is 0 Å². The van der Waals surface area contributed by atoms with Crippen LogP contribution in [0.2, 0.25) is 0 Å². The zero-order valence-corrected chi connectivity index (χ0v) is 8.96. The summed E-state index contributed by atoms with van der Waals surface area (Å²) in [6.07, 6.45) is 0.997. The summed E-state index contributed by atoms with van der Waals surface area (Å²) in [5, 5.41) is 10.5. The lowest BCUT2D eigenvalue weighted by Crippen LogP contribution is -2.25. The standard InChI is InChI=1S/C11H14N2O3/c14-13(15)11-4-2-10(3-5-11)12-6-1-8-16-9-7-12/h2-5H,1,6-9H2. The van der Waals surface area contributed by atoms with Gasteiger partial charge < -0.3 is 9.64 Å². The predicted octanol–water partition coefficient (Wildman–Crippen LogP) is 1.82. The third kappa shape index (κ3) is 2.49. The maximum Gasteiger partial charge on any atom is 0.269 e. The number of hydrogen-bond donors (Lipinski definition) is 0. The molecular weight excluding hydrogens is 208 g/mol. The molecule has 86 valence electrons. The monoisotopic (exact) mass is 222 g/mol. The first-order valence-corrected chi connectivity index (χ1v) is 5.34. The third-order valence-electron chi connectivity index (χ3n) is 2.65. The van der Waals surface area contributed by atoms with Crippen LogP contribution in [0.5, 0.6) is 0 Å². The Morgan fingerprint density at radius 3 is 2.62 bits per heavy atom. The zero-order chi connectivity index (χ0) is 11.4. The number of nitrogens with zero attached hydrogens (tertiary/aromatic N) is 2. The fourth-order valence-electron chi connectivity index (χ4n) is 1.79. The second kappa shape index (κ2) is 4.94. The van der Waals surface area contributed by atoms with Crippen molar-refractivity contribution in [1.29, 1.82) is 0 Å². The lowest BCUT2D eigenvalue weighted by Gasteiger charge is -2.21. The van der Waals surface area contributed by atoms with Gasteiger partial charge in [0.1, 0.15) is 0 Å². The van der Waals surface area contributed by atoms with Crippen molar-refractivity contribution in [3.63, 3.8) is 0 Å². The molecule has 16 heavy (non-hydrogen) atoms. The van der Waals surface area contributed by atoms with E-state index in [0.29, 0.717) is 0 Å². The van der Waals surface area contributed by atoms with E-state index in [0.717, 1.165) is 38.4 Å². The van der Waals surface area contributed by atoms with E-state index in [1.165, 1.54) is 0 Å². The number of non-ortho nitro benzene ring substituents is 1. The highest BCUT2D eigenvalue weighted by Gasteiger charge is 2.11. The second-order valence-corrected chi connectivity index (χ2v) is 3.73. The molecule has 0 amide bonds. The van der Waals surface area contributed by atoms with E-state index in [1.807, 2.05) is 0 Å². The van der Waals surface area contributed by atoms with Gasteiger partial charge in [0.2, 0.25) is 0 Å². The molecule has 1 aromatic carbocycles. The van der Waals surface area contributed by atoms with Crippen molar-refractivity contribution in [3.05, 3.63) is 34.4 Å². The van der Waals surface area contributed by atoms with Crippen molar-refractivity contribution in [1.82, 2.24) is 0 Å². The van der Waals surface area contributed by atoms with Crippen molar-refractivity contribution in [2.75, 3.05) is 31.2 Å². The molecule has 1 saturated heterocycles. The largest absolute Gasteiger partial charge is 0.380 e. The molecule has 0 spiro atoms. The van der Waals surface area contributed by atoms with Crippen LogP contribution in [0.1, 0.15) is 6.42 Å². The SMILES string of the molecule is O=[N+]([O-])c1ccc(N2CCCOCC2)cc1. The Bertz CT molecular complexity index is 356. The molecule has 0 aliphatic carbocycles. The number of nitro benzene ring substituents is 1. The van der Waals surface area contributed by atoms with Crippen molar-refractivity contribution in [2.45, 2.75) is 6.42 Å². The minimum absolute atomic E-state index is 0.134. The molecule has 5 heteroatoms. The van der Waals surface area contributed by atoms with Gasteiger partial charge in [-0.3, -0.25) is 10.1 Å². The molecule has 1 aliphatic heterocycles. The molecule has 0 unspecified atom stereocenters. The highest BCUT2D eigenvalue weighted by atomic mass is 16.6. The maximum absolute atomic E-state index is 10.5. The molecule has 2 rings (SSSR count). The van der Waals surface area contributed by atoms with Crippen LogP contribution in [0, 0.1) is 10.1 Å². The van der Waals surface area contributed by atoms with E-state index in [9.17, 15) is 10.1 Å². The Morgan fingerprint density at radius 2 is 1.94 bits per heavy atom. The van der Waals surface area contributed by atoms with Gasteiger partial charge in [-0.25, -0.2) is 0 Å². The lowest BCUT2D eigenvalue weighted by molar-refractivity contribution is -0.384. The van der Waals surface area contributed by atoms with E-state index in [4.69, 9.17) is 4.74 Å². The minimum atomic E-state index is -0.380. The molecule has 5 nitrogen and oxygen atoms in total. The first-order valence-electron chi connectivity index (χ1n) is 5.34. The molecule has 0 N–H and O–H groups in total. The number of ether oxygens (including phenoxy) is 1. The summed E-state index contributed by atoms with van der Waals surface area (Å²) in [5.41, 5.74) is 1.16. The number of rotatable bonds is 2. The van der Waals surface area contributed by atoms with Crippen LogP contribution in [0.25, 0.3) is 0 Å². The van der Waals surface area contributed by atoms with Crippen molar-refractivity contribution in [2.24, 2.45) is 0 Å². The fourth-order valence-corrected chi connectivity index (χ4v) is 1.79. The summed E-state index contributed by atoms with van der Waals surface area (Å²) in [5.74, 6) is 0. The zero-order valence-electron chi connectivity index (χ0n) is 8.96. The van der Waals surface area contributed by atoms with Gasteiger partial charge in [-0.05, 0) is 18.6 Å². The van der Waals surface area contributed by atoms with Crippen LogP contribution in [-0.2, 0) is 4.74 Å². The molecule has 1 fully saturated rings. The topological polar surface area (TPSA) is 55.6 Å². The van der Waals surface area contributed by atoms with Crippen LogP contribution < -0.4 is 4.90 Å². The molecule has 1 aliphatic rings. The maximum atomic E-state index is 10.5. The molecule has 1 aromatic rings. The van der Waals surface area contributed by atoms with E-state index in [-0.39, 0.29) is 10.6 Å². The normalized spacial score (nSPS) is 16.9. The summed E-state index contributed by atoms with van der Waals surface area (Å²) in [4.78, 5) is 12.3. The number of nitro groups is 1. The summed E-state index contributed by atoms with van der Waals surface area (Å²) >= 11 is 0. The number of anilines is 1. The predicted molar refractivity (Wildman–Crippen MR) is 60.7 cm³/mol. The number of hydrogen-bond acceptors (Lipinski definition) is 4. The smallest absolute Gasteiger partial charge is 0.269 e. The van der Waals surface area contributed by atoms with Gasteiger partial charge >= 0.3 is 0 Å². The van der Waals surface area contributed by atoms with Crippen molar-refractivity contribution in [3.8, 4) is 0 Å². The van der Waals surface area contributed by atoms with E-state index < -0.39 is 0 Å². The molecule has 0 radical (unpaired) electrons. The summed E-state index contributed by atoms with van der Waals surface area (Å²) < 4.78 is 5.36. The van der Waals surface area contributed by atoms with E-state index >= 15 is 0 Å². The van der Waals surface area contributed by atoms with Gasteiger partial charge in [0.25, 0.3) is 5.69 Å². The average molecular weight is 222 g/mol. The van der Waals surface area contributed by atoms with Crippen LogP contribution >= 0.6 is 0 Å². The van der Waals surface area contributed by atoms with Gasteiger partial charge in [0.05, 0.1) is 11.5 Å². The Kier molecular flexibility index (Phi) is 3.36. The number of benzene rings is 1. The molecule has 0 atom stereocenters. The summed E-state index contributed by atoms with van der Waals surface area (Å²) in [7, 11) is 0. The first kappa shape index (κ1) is 10.9. The van der Waals surface area contributed by atoms with Crippen molar-refractivity contribution >= 4 is 11.4 Å². The average Bonchev–Trinajstić information content (AvgIpc) is 2.57. The lowest BCUT2D eigenvalue weighted by atomic mass is 10.2. The van der Waals surface area contributed by atoms with Crippen LogP contribution in [-0.4, -0.2) is 31.2 Å². The molecule has 0 saturated carbocycles. The Labute approximate surface area is 93.8 Å². The van der Waals surface area contributed by atoms with E-state index in [2.05, 4.69) is 4.90 Å². The Morgan fingerprint density at radius 1 is 1.19 bits per heavy atom. The highest BCUT2D eigenvalue weighted by molar-refractivity contribution is 5.50. The quantitative estimate of drug-likeness (QED) is 0.565. The van der Waals surface area contributed by atoms with Gasteiger partial charge in [-0.2, -0.15) is 0 Å². The van der Waals surface area contributed by atoms with Gasteiger partial charge in [-0.15, -0.1) is 0 Å².